The predicted octanol–water partition coefficient (Wildman–Crippen LogP) is 2.24. The summed E-state index contributed by atoms with van der Waals surface area (Å²) in [5.41, 5.74) is 2.52. The van der Waals surface area contributed by atoms with Crippen LogP contribution >= 0.6 is 15.9 Å². The molecule has 1 aromatic rings. The maximum Gasteiger partial charge on any atom is 0.0618 e. The van der Waals surface area contributed by atoms with Crippen LogP contribution in [0.2, 0.25) is 0 Å². The lowest BCUT2D eigenvalue weighted by Gasteiger charge is -1.97. The lowest BCUT2D eigenvalue weighted by molar-refractivity contribution is 0.908. The van der Waals surface area contributed by atoms with Gasteiger partial charge in [0, 0.05) is 11.0 Å². The molecule has 10 heavy (non-hydrogen) atoms. The van der Waals surface area contributed by atoms with Crippen molar-refractivity contribution in [1.82, 2.24) is 5.32 Å². The van der Waals surface area contributed by atoms with E-state index in [2.05, 4.69) is 33.4 Å². The molecule has 1 aliphatic rings. The zero-order valence-electron chi connectivity index (χ0n) is 5.47. The average Bonchev–Trinajstić information content (AvgIpc) is 2.36. The van der Waals surface area contributed by atoms with E-state index in [4.69, 9.17) is 0 Å². The summed E-state index contributed by atoms with van der Waals surface area (Å²) < 4.78 is 1.20. The number of halogens is 1. The Morgan fingerprint density at radius 1 is 1.40 bits per heavy atom. The van der Waals surface area contributed by atoms with Crippen LogP contribution in [0, 0.1) is 0 Å². The fraction of sp³-hybridized carbons (Fsp3) is 0.250. The minimum absolute atomic E-state index is 0.956. The number of nitrogens with zero attached hydrogens (tertiary/aromatic N) is 1. The van der Waals surface area contributed by atoms with Crippen molar-refractivity contribution in [1.29, 1.82) is 0 Å². The smallest absolute Gasteiger partial charge is 0.0618 e. The molecule has 2 heteroatoms. The zero-order valence-corrected chi connectivity index (χ0v) is 7.06. The Kier molecular flexibility index (Phi) is 1.42. The van der Waals surface area contributed by atoms with E-state index >= 15 is 0 Å². The van der Waals surface area contributed by atoms with Gasteiger partial charge in [-0.1, -0.05) is 22.0 Å². The van der Waals surface area contributed by atoms with Crippen molar-refractivity contribution >= 4 is 21.6 Å². The first-order valence-electron chi connectivity index (χ1n) is 3.33. The highest BCUT2D eigenvalue weighted by Crippen LogP contribution is 2.28. The maximum atomic E-state index is 4.33. The summed E-state index contributed by atoms with van der Waals surface area (Å²) in [5, 5.41) is 4.33. The largest absolute Gasteiger partial charge is 0.285 e. The minimum atomic E-state index is 0.956. The lowest BCUT2D eigenvalue weighted by Crippen LogP contribution is -1.88. The van der Waals surface area contributed by atoms with Crippen molar-refractivity contribution in [3.63, 3.8) is 0 Å². The Bertz CT molecular complexity index is 257. The Morgan fingerprint density at radius 3 is 3.10 bits per heavy atom. The molecule has 0 aromatic heterocycles. The SMILES string of the molecule is Brc1cccc2c1CC[N]2. The molecule has 0 N–H and O–H groups in total. The lowest BCUT2D eigenvalue weighted by atomic mass is 10.2. The molecule has 1 radical (unpaired) electrons. The van der Waals surface area contributed by atoms with E-state index < -0.39 is 0 Å². The third kappa shape index (κ3) is 0.833. The minimum Gasteiger partial charge on any atom is -0.285 e. The highest BCUT2D eigenvalue weighted by molar-refractivity contribution is 9.10. The quantitative estimate of drug-likeness (QED) is 0.605. The summed E-state index contributed by atoms with van der Waals surface area (Å²) in [5.74, 6) is 0. The van der Waals surface area contributed by atoms with Gasteiger partial charge in [0.15, 0.2) is 0 Å². The van der Waals surface area contributed by atoms with Gasteiger partial charge in [0.2, 0.25) is 0 Å². The fourth-order valence-corrected chi connectivity index (χ4v) is 1.79. The van der Waals surface area contributed by atoms with Gasteiger partial charge in [-0.05, 0) is 24.1 Å². The summed E-state index contributed by atoms with van der Waals surface area (Å²) in [7, 11) is 0. The van der Waals surface area contributed by atoms with Gasteiger partial charge in [0.05, 0.1) is 5.69 Å². The van der Waals surface area contributed by atoms with Gasteiger partial charge in [-0.15, -0.1) is 0 Å². The third-order valence-corrected chi connectivity index (χ3v) is 2.48. The molecule has 1 nitrogen and oxygen atoms in total. The highest BCUT2D eigenvalue weighted by atomic mass is 79.9. The molecule has 0 bridgehead atoms. The Labute approximate surface area is 68.6 Å². The third-order valence-electron chi connectivity index (χ3n) is 1.74. The first-order valence-corrected chi connectivity index (χ1v) is 4.12. The van der Waals surface area contributed by atoms with E-state index in [1.165, 1.54) is 10.0 Å². The molecule has 0 spiro atoms. The second kappa shape index (κ2) is 2.27. The molecule has 0 saturated heterocycles. The molecule has 51 valence electrons. The molecule has 2 rings (SSSR count). The molecular weight excluding hydrogens is 190 g/mol. The van der Waals surface area contributed by atoms with Crippen LogP contribution in [-0.2, 0) is 6.42 Å². The Hall–Kier alpha value is -0.500. The van der Waals surface area contributed by atoms with Crippen LogP contribution < -0.4 is 5.32 Å². The van der Waals surface area contributed by atoms with E-state index in [9.17, 15) is 0 Å². The number of benzene rings is 1. The molecule has 0 saturated carbocycles. The Morgan fingerprint density at radius 2 is 2.30 bits per heavy atom. The van der Waals surface area contributed by atoms with Gasteiger partial charge in [0.1, 0.15) is 0 Å². The van der Waals surface area contributed by atoms with E-state index in [1.54, 1.807) is 0 Å². The molecule has 1 aromatic carbocycles. The number of rotatable bonds is 0. The van der Waals surface area contributed by atoms with Gasteiger partial charge < -0.3 is 0 Å². The van der Waals surface area contributed by atoms with Crippen LogP contribution in [-0.4, -0.2) is 6.54 Å². The molecule has 0 aliphatic carbocycles. The van der Waals surface area contributed by atoms with Crippen LogP contribution in [0.3, 0.4) is 0 Å². The van der Waals surface area contributed by atoms with Crippen molar-refractivity contribution in [2.75, 3.05) is 6.54 Å². The normalized spacial score (nSPS) is 14.5. The summed E-state index contributed by atoms with van der Waals surface area (Å²) >= 11 is 3.49. The van der Waals surface area contributed by atoms with Gasteiger partial charge in [-0.3, -0.25) is 5.32 Å². The first kappa shape index (κ1) is 6.23. The molecule has 0 fully saturated rings. The van der Waals surface area contributed by atoms with E-state index in [0.717, 1.165) is 18.7 Å². The van der Waals surface area contributed by atoms with E-state index in [1.807, 2.05) is 6.07 Å². The second-order valence-corrected chi connectivity index (χ2v) is 3.22. The molecule has 0 amide bonds. The number of hydrogen-bond acceptors (Lipinski definition) is 0. The maximum absolute atomic E-state index is 4.33. The van der Waals surface area contributed by atoms with Crippen molar-refractivity contribution in [3.05, 3.63) is 28.2 Å². The highest BCUT2D eigenvalue weighted by Gasteiger charge is 2.12. The molecule has 1 aliphatic heterocycles. The molecule has 0 atom stereocenters. The van der Waals surface area contributed by atoms with Gasteiger partial charge in [-0.2, -0.15) is 0 Å². The summed E-state index contributed by atoms with van der Waals surface area (Å²) in [4.78, 5) is 0. The monoisotopic (exact) mass is 196 g/mol. The van der Waals surface area contributed by atoms with Crippen molar-refractivity contribution in [2.45, 2.75) is 6.42 Å². The second-order valence-electron chi connectivity index (χ2n) is 2.37. The summed E-state index contributed by atoms with van der Waals surface area (Å²) in [6.07, 6.45) is 1.09. The van der Waals surface area contributed by atoms with Crippen molar-refractivity contribution < 1.29 is 0 Å². The topological polar surface area (TPSA) is 14.1 Å². The van der Waals surface area contributed by atoms with Gasteiger partial charge in [-0.25, -0.2) is 0 Å². The summed E-state index contributed by atoms with van der Waals surface area (Å²) in [6, 6.07) is 6.16. The first-order chi connectivity index (χ1) is 4.88. The molecular formula is C8H7BrN. The van der Waals surface area contributed by atoms with E-state index in [0.29, 0.717) is 0 Å². The molecule has 0 unspecified atom stereocenters. The van der Waals surface area contributed by atoms with Crippen LogP contribution in [0.4, 0.5) is 5.69 Å². The number of hydrogen-bond donors (Lipinski definition) is 0. The standard InChI is InChI=1S/C8H7BrN/c9-7-2-1-3-8-6(7)4-5-10-8/h1-3H,4-5H2. The molecule has 1 heterocycles. The predicted molar refractivity (Wildman–Crippen MR) is 44.5 cm³/mol. The van der Waals surface area contributed by atoms with Gasteiger partial charge >= 0.3 is 0 Å². The van der Waals surface area contributed by atoms with Crippen LogP contribution in [0.1, 0.15) is 5.56 Å². The van der Waals surface area contributed by atoms with Crippen molar-refractivity contribution in [2.24, 2.45) is 0 Å². The average molecular weight is 197 g/mol. The summed E-state index contributed by atoms with van der Waals surface area (Å²) in [6.45, 7) is 0.956. The fourth-order valence-electron chi connectivity index (χ4n) is 1.23. The van der Waals surface area contributed by atoms with E-state index in [-0.39, 0.29) is 0 Å². The number of fused-ring (bicyclic) bond motifs is 1. The van der Waals surface area contributed by atoms with Gasteiger partial charge in [0.25, 0.3) is 0 Å². The van der Waals surface area contributed by atoms with Crippen LogP contribution in [0.15, 0.2) is 22.7 Å². The van der Waals surface area contributed by atoms with Crippen LogP contribution in [0.5, 0.6) is 0 Å². The zero-order chi connectivity index (χ0) is 6.97. The van der Waals surface area contributed by atoms with Crippen LogP contribution in [0.25, 0.3) is 0 Å². The van der Waals surface area contributed by atoms with Crippen molar-refractivity contribution in [3.8, 4) is 0 Å². The Balaban J connectivity index is 2.59.